The molecule has 0 bridgehead atoms. The van der Waals surface area contributed by atoms with Crippen LogP contribution in [0.4, 0.5) is 0 Å². The van der Waals surface area contributed by atoms with E-state index in [9.17, 15) is 9.59 Å². The van der Waals surface area contributed by atoms with E-state index in [4.69, 9.17) is 0 Å². The molecule has 0 saturated heterocycles. The van der Waals surface area contributed by atoms with Crippen LogP contribution in [0.25, 0.3) is 0 Å². The number of hydrogen-bond donors (Lipinski definition) is 1. The van der Waals surface area contributed by atoms with E-state index in [1.54, 1.807) is 0 Å². The zero-order chi connectivity index (χ0) is 13.3. The minimum atomic E-state index is -0.397. The topological polar surface area (TPSA) is 54.9 Å². The predicted molar refractivity (Wildman–Crippen MR) is 74.0 cm³/mol. The fourth-order valence-corrected chi connectivity index (χ4v) is 2.21. The van der Waals surface area contributed by atoms with Crippen LogP contribution >= 0.6 is 15.9 Å². The fourth-order valence-electron chi connectivity index (χ4n) is 1.89. The molecule has 0 aliphatic carbocycles. The number of halogens is 1. The lowest BCUT2D eigenvalue weighted by Crippen LogP contribution is -2.35. The van der Waals surface area contributed by atoms with E-state index in [1.165, 1.54) is 10.8 Å². The first-order valence-corrected chi connectivity index (χ1v) is 6.33. The molecule has 94 valence electrons. The van der Waals surface area contributed by atoms with Gasteiger partial charge in [0.2, 0.25) is 0 Å². The first kappa shape index (κ1) is 12.8. The third kappa shape index (κ3) is 2.31. The highest BCUT2D eigenvalue weighted by molar-refractivity contribution is 9.10. The second-order valence-corrected chi connectivity index (χ2v) is 5.06. The van der Waals surface area contributed by atoms with Gasteiger partial charge in [-0.2, -0.15) is 0 Å². The number of aryl methyl sites for hydroxylation is 2. The Morgan fingerprint density at radius 3 is 2.44 bits per heavy atom. The van der Waals surface area contributed by atoms with Crippen molar-refractivity contribution in [3.8, 4) is 0 Å². The van der Waals surface area contributed by atoms with Gasteiger partial charge in [-0.15, -0.1) is 0 Å². The number of hydrogen-bond acceptors (Lipinski definition) is 2. The number of nitrogens with one attached hydrogen (secondary N) is 1. The van der Waals surface area contributed by atoms with Crippen LogP contribution in [0.3, 0.4) is 0 Å². The molecule has 0 unspecified atom stereocenters. The molecule has 2 rings (SSSR count). The quantitative estimate of drug-likeness (QED) is 0.922. The maximum atomic E-state index is 11.9. The largest absolute Gasteiger partial charge is 0.328 e. The third-order valence-corrected chi connectivity index (χ3v) is 3.55. The number of aromatic amines is 1. The predicted octanol–water partition coefficient (Wildman–Crippen LogP) is 1.96. The molecule has 0 aliphatic rings. The molecule has 5 heteroatoms. The Bertz CT molecular complexity index is 681. The van der Waals surface area contributed by atoms with Crippen molar-refractivity contribution in [2.75, 3.05) is 0 Å². The van der Waals surface area contributed by atoms with Crippen LogP contribution in [0.2, 0.25) is 0 Å². The van der Waals surface area contributed by atoms with Crippen LogP contribution in [0.1, 0.15) is 16.7 Å². The highest BCUT2D eigenvalue weighted by atomic mass is 79.9. The van der Waals surface area contributed by atoms with Crippen LogP contribution in [-0.4, -0.2) is 9.55 Å². The van der Waals surface area contributed by atoms with E-state index in [1.807, 2.05) is 32.0 Å². The van der Waals surface area contributed by atoms with Crippen LogP contribution < -0.4 is 11.2 Å². The summed E-state index contributed by atoms with van der Waals surface area (Å²) in [7, 11) is 0. The lowest BCUT2D eigenvalue weighted by molar-refractivity contribution is 0.688. The SMILES string of the molecule is Cc1cccc(C)c1Cn1c(=O)[nH]cc(Br)c1=O. The Labute approximate surface area is 112 Å². The molecule has 0 saturated carbocycles. The molecule has 1 aromatic carbocycles. The standard InChI is InChI=1S/C13H13BrN2O2/c1-8-4-3-5-9(2)10(8)7-16-12(17)11(14)6-15-13(16)18/h3-6H,7H2,1-2H3,(H,15,18). The smallest absolute Gasteiger partial charge is 0.313 e. The number of rotatable bonds is 2. The molecule has 2 aromatic rings. The maximum absolute atomic E-state index is 11.9. The first-order valence-electron chi connectivity index (χ1n) is 5.54. The van der Waals surface area contributed by atoms with E-state index in [-0.39, 0.29) is 12.1 Å². The molecule has 1 aromatic heterocycles. The molecule has 0 radical (unpaired) electrons. The Morgan fingerprint density at radius 2 is 1.83 bits per heavy atom. The highest BCUT2D eigenvalue weighted by Gasteiger charge is 2.09. The summed E-state index contributed by atoms with van der Waals surface area (Å²) < 4.78 is 1.55. The summed E-state index contributed by atoms with van der Waals surface area (Å²) in [5, 5.41) is 0. The number of benzene rings is 1. The van der Waals surface area contributed by atoms with Gasteiger partial charge in [0.15, 0.2) is 0 Å². The summed E-state index contributed by atoms with van der Waals surface area (Å²) >= 11 is 3.13. The van der Waals surface area contributed by atoms with Gasteiger partial charge in [-0.1, -0.05) is 18.2 Å². The molecular weight excluding hydrogens is 296 g/mol. The molecule has 18 heavy (non-hydrogen) atoms. The van der Waals surface area contributed by atoms with Crippen molar-refractivity contribution in [2.24, 2.45) is 0 Å². The van der Waals surface area contributed by atoms with Crippen molar-refractivity contribution in [1.82, 2.24) is 9.55 Å². The maximum Gasteiger partial charge on any atom is 0.328 e. The monoisotopic (exact) mass is 308 g/mol. The van der Waals surface area contributed by atoms with Crippen LogP contribution in [0, 0.1) is 13.8 Å². The summed E-state index contributed by atoms with van der Waals surface area (Å²) in [6, 6.07) is 5.90. The lowest BCUT2D eigenvalue weighted by atomic mass is 10.0. The average Bonchev–Trinajstić information content (AvgIpc) is 2.33. The summed E-state index contributed by atoms with van der Waals surface area (Å²) in [5.74, 6) is 0. The van der Waals surface area contributed by atoms with Crippen LogP contribution in [-0.2, 0) is 6.54 Å². The molecule has 0 aliphatic heterocycles. The number of H-pyrrole nitrogens is 1. The fraction of sp³-hybridized carbons (Fsp3) is 0.231. The van der Waals surface area contributed by atoms with Crippen molar-refractivity contribution < 1.29 is 0 Å². The zero-order valence-corrected chi connectivity index (χ0v) is 11.7. The van der Waals surface area contributed by atoms with E-state index < -0.39 is 5.69 Å². The second kappa shape index (κ2) is 4.94. The Morgan fingerprint density at radius 1 is 1.22 bits per heavy atom. The van der Waals surface area contributed by atoms with E-state index >= 15 is 0 Å². The minimum absolute atomic E-state index is 0.284. The lowest BCUT2D eigenvalue weighted by Gasteiger charge is -2.10. The highest BCUT2D eigenvalue weighted by Crippen LogP contribution is 2.13. The second-order valence-electron chi connectivity index (χ2n) is 4.20. The van der Waals surface area contributed by atoms with E-state index in [2.05, 4.69) is 20.9 Å². The van der Waals surface area contributed by atoms with Gasteiger partial charge >= 0.3 is 5.69 Å². The van der Waals surface area contributed by atoms with E-state index in [0.29, 0.717) is 4.47 Å². The molecular formula is C13H13BrN2O2. The Hall–Kier alpha value is -1.62. The molecule has 1 N–H and O–H groups in total. The van der Waals surface area contributed by atoms with Gasteiger partial charge in [0.05, 0.1) is 11.0 Å². The molecule has 0 atom stereocenters. The van der Waals surface area contributed by atoms with Gasteiger partial charge in [0.1, 0.15) is 0 Å². The summed E-state index contributed by atoms with van der Waals surface area (Å²) in [4.78, 5) is 26.1. The van der Waals surface area contributed by atoms with Gasteiger partial charge in [0.25, 0.3) is 5.56 Å². The summed E-state index contributed by atoms with van der Waals surface area (Å²) in [5.41, 5.74) is 2.43. The van der Waals surface area contributed by atoms with Gasteiger partial charge < -0.3 is 4.98 Å². The minimum Gasteiger partial charge on any atom is -0.313 e. The van der Waals surface area contributed by atoms with E-state index in [0.717, 1.165) is 16.7 Å². The van der Waals surface area contributed by atoms with Crippen LogP contribution in [0.5, 0.6) is 0 Å². The number of nitrogens with zero attached hydrogens (tertiary/aromatic N) is 1. The van der Waals surface area contributed by atoms with Gasteiger partial charge in [-0.25, -0.2) is 4.79 Å². The van der Waals surface area contributed by atoms with Gasteiger partial charge in [0, 0.05) is 6.20 Å². The molecule has 0 fully saturated rings. The number of aromatic nitrogens is 2. The van der Waals surface area contributed by atoms with Crippen molar-refractivity contribution in [1.29, 1.82) is 0 Å². The van der Waals surface area contributed by atoms with Crippen molar-refractivity contribution >= 4 is 15.9 Å². The van der Waals surface area contributed by atoms with Crippen molar-refractivity contribution in [3.05, 3.63) is 66.4 Å². The Kier molecular flexibility index (Phi) is 3.52. The molecule has 4 nitrogen and oxygen atoms in total. The van der Waals surface area contributed by atoms with Gasteiger partial charge in [-0.05, 0) is 46.5 Å². The molecule has 0 amide bonds. The first-order chi connectivity index (χ1) is 8.50. The molecule has 1 heterocycles. The van der Waals surface area contributed by atoms with Gasteiger partial charge in [-0.3, -0.25) is 9.36 Å². The Balaban J connectivity index is 2.57. The van der Waals surface area contributed by atoms with Crippen LogP contribution in [0.15, 0.2) is 38.5 Å². The summed E-state index contributed by atoms with van der Waals surface area (Å²) in [6.45, 7) is 4.23. The third-order valence-electron chi connectivity index (χ3n) is 2.98. The summed E-state index contributed by atoms with van der Waals surface area (Å²) in [6.07, 6.45) is 1.37. The zero-order valence-electron chi connectivity index (χ0n) is 10.2. The van der Waals surface area contributed by atoms with Crippen molar-refractivity contribution in [2.45, 2.75) is 20.4 Å². The average molecular weight is 309 g/mol. The normalized spacial score (nSPS) is 10.6. The van der Waals surface area contributed by atoms with Crippen molar-refractivity contribution in [3.63, 3.8) is 0 Å². The molecule has 0 spiro atoms.